The van der Waals surface area contributed by atoms with Crippen molar-refractivity contribution < 1.29 is 0 Å². The molecule has 0 N–H and O–H groups in total. The zero-order valence-corrected chi connectivity index (χ0v) is 7.19. The summed E-state index contributed by atoms with van der Waals surface area (Å²) in [6.45, 7) is 8.58. The highest BCUT2D eigenvalue weighted by Crippen LogP contribution is 2.39. The molecular formula is C10H18. The molecule has 10 heavy (non-hydrogen) atoms. The first-order valence-electron chi connectivity index (χ1n) is 4.40. The van der Waals surface area contributed by atoms with Gasteiger partial charge in [-0.1, -0.05) is 26.0 Å². The lowest BCUT2D eigenvalue weighted by atomic mass is 9.96. The smallest absolute Gasteiger partial charge is 0.0295 e. The van der Waals surface area contributed by atoms with Crippen LogP contribution in [0.5, 0.6) is 0 Å². The molecule has 1 rings (SSSR count). The van der Waals surface area contributed by atoms with Gasteiger partial charge in [0.2, 0.25) is 0 Å². The van der Waals surface area contributed by atoms with Crippen molar-refractivity contribution in [3.05, 3.63) is 12.2 Å². The summed E-state index contributed by atoms with van der Waals surface area (Å²) in [6.07, 6.45) is 5.37. The second-order valence-electron chi connectivity index (χ2n) is 3.62. The molecular weight excluding hydrogens is 120 g/mol. The van der Waals surface area contributed by atoms with Gasteiger partial charge in [0.25, 0.3) is 0 Å². The van der Waals surface area contributed by atoms with Gasteiger partial charge in [-0.2, -0.15) is 0 Å². The first-order chi connectivity index (χ1) is 4.74. The van der Waals surface area contributed by atoms with E-state index < -0.39 is 0 Å². The number of allylic oxidation sites excluding steroid dienone is 1. The Labute approximate surface area is 64.3 Å². The van der Waals surface area contributed by atoms with Crippen LogP contribution in [0, 0.1) is 11.8 Å². The molecule has 1 unspecified atom stereocenters. The Bertz CT molecular complexity index is 120. The van der Waals surface area contributed by atoms with Crippen LogP contribution in [0.4, 0.5) is 0 Å². The minimum Gasteiger partial charge on any atom is -0.0999 e. The van der Waals surface area contributed by atoms with Crippen LogP contribution in [-0.2, 0) is 0 Å². The summed E-state index contributed by atoms with van der Waals surface area (Å²) in [5.74, 6) is 1.95. The predicted molar refractivity (Wildman–Crippen MR) is 45.9 cm³/mol. The van der Waals surface area contributed by atoms with Gasteiger partial charge in [0.05, 0.1) is 0 Å². The number of rotatable bonds is 4. The molecule has 0 aromatic carbocycles. The first-order valence-corrected chi connectivity index (χ1v) is 4.40. The SMILES string of the molecule is C=C(CC)CC(C)C1CC1. The van der Waals surface area contributed by atoms with Gasteiger partial charge < -0.3 is 0 Å². The monoisotopic (exact) mass is 138 g/mol. The normalized spacial score (nSPS) is 20.6. The molecule has 0 heteroatoms. The Hall–Kier alpha value is -0.260. The molecule has 1 fully saturated rings. The average molecular weight is 138 g/mol. The quantitative estimate of drug-likeness (QED) is 0.522. The van der Waals surface area contributed by atoms with Gasteiger partial charge >= 0.3 is 0 Å². The van der Waals surface area contributed by atoms with E-state index in [2.05, 4.69) is 20.4 Å². The Balaban J connectivity index is 2.16. The molecule has 1 saturated carbocycles. The van der Waals surface area contributed by atoms with Crippen molar-refractivity contribution in [1.82, 2.24) is 0 Å². The minimum absolute atomic E-state index is 0.910. The molecule has 0 radical (unpaired) electrons. The molecule has 0 amide bonds. The Morgan fingerprint density at radius 3 is 2.60 bits per heavy atom. The van der Waals surface area contributed by atoms with Crippen LogP contribution in [-0.4, -0.2) is 0 Å². The fourth-order valence-corrected chi connectivity index (χ4v) is 1.43. The van der Waals surface area contributed by atoms with Crippen molar-refractivity contribution in [3.63, 3.8) is 0 Å². The Morgan fingerprint density at radius 1 is 1.60 bits per heavy atom. The molecule has 0 saturated heterocycles. The van der Waals surface area contributed by atoms with Crippen molar-refractivity contribution in [2.75, 3.05) is 0 Å². The average Bonchev–Trinajstić information content (AvgIpc) is 2.68. The highest BCUT2D eigenvalue weighted by Gasteiger charge is 2.27. The lowest BCUT2D eigenvalue weighted by molar-refractivity contribution is 0.500. The molecule has 0 aliphatic heterocycles. The Kier molecular flexibility index (Phi) is 2.53. The molecule has 1 aliphatic carbocycles. The van der Waals surface area contributed by atoms with Gasteiger partial charge in [-0.3, -0.25) is 0 Å². The summed E-state index contributed by atoms with van der Waals surface area (Å²) >= 11 is 0. The molecule has 0 aromatic heterocycles. The van der Waals surface area contributed by atoms with Crippen molar-refractivity contribution in [3.8, 4) is 0 Å². The van der Waals surface area contributed by atoms with Gasteiger partial charge in [-0.15, -0.1) is 0 Å². The molecule has 0 spiro atoms. The largest absolute Gasteiger partial charge is 0.0999 e. The maximum Gasteiger partial charge on any atom is -0.0295 e. The van der Waals surface area contributed by atoms with Gasteiger partial charge in [0.1, 0.15) is 0 Å². The summed E-state index contributed by atoms with van der Waals surface area (Å²) in [4.78, 5) is 0. The second kappa shape index (κ2) is 3.23. The van der Waals surface area contributed by atoms with Crippen LogP contribution in [0.3, 0.4) is 0 Å². The van der Waals surface area contributed by atoms with E-state index in [0.717, 1.165) is 18.3 Å². The summed E-state index contributed by atoms with van der Waals surface area (Å²) in [5.41, 5.74) is 1.43. The van der Waals surface area contributed by atoms with E-state index in [9.17, 15) is 0 Å². The molecule has 0 aromatic rings. The highest BCUT2D eigenvalue weighted by atomic mass is 14.3. The fraction of sp³-hybridized carbons (Fsp3) is 0.800. The van der Waals surface area contributed by atoms with E-state index in [0.29, 0.717) is 0 Å². The second-order valence-corrected chi connectivity index (χ2v) is 3.62. The summed E-state index contributed by atoms with van der Waals surface area (Å²) in [5, 5.41) is 0. The highest BCUT2D eigenvalue weighted by molar-refractivity contribution is 4.96. The molecule has 0 nitrogen and oxygen atoms in total. The fourth-order valence-electron chi connectivity index (χ4n) is 1.43. The minimum atomic E-state index is 0.910. The molecule has 0 heterocycles. The maximum atomic E-state index is 4.02. The van der Waals surface area contributed by atoms with Gasteiger partial charge in [0.15, 0.2) is 0 Å². The zero-order valence-electron chi connectivity index (χ0n) is 7.19. The van der Waals surface area contributed by atoms with E-state index in [1.54, 1.807) is 0 Å². The van der Waals surface area contributed by atoms with E-state index in [1.807, 2.05) is 0 Å². The summed E-state index contributed by atoms with van der Waals surface area (Å²) < 4.78 is 0. The lowest BCUT2D eigenvalue weighted by Gasteiger charge is -2.09. The van der Waals surface area contributed by atoms with Crippen LogP contribution in [0.1, 0.15) is 39.5 Å². The topological polar surface area (TPSA) is 0 Å². The van der Waals surface area contributed by atoms with Crippen molar-refractivity contribution in [2.24, 2.45) is 11.8 Å². The van der Waals surface area contributed by atoms with Crippen molar-refractivity contribution in [1.29, 1.82) is 0 Å². The summed E-state index contributed by atoms with van der Waals surface area (Å²) in [6, 6.07) is 0. The third-order valence-corrected chi connectivity index (χ3v) is 2.54. The molecule has 1 aliphatic rings. The van der Waals surface area contributed by atoms with Gasteiger partial charge in [-0.25, -0.2) is 0 Å². The maximum absolute atomic E-state index is 4.02. The van der Waals surface area contributed by atoms with Crippen LogP contribution < -0.4 is 0 Å². The Morgan fingerprint density at radius 2 is 2.20 bits per heavy atom. The predicted octanol–water partition coefficient (Wildman–Crippen LogP) is 3.39. The third-order valence-electron chi connectivity index (χ3n) is 2.54. The van der Waals surface area contributed by atoms with Gasteiger partial charge in [0, 0.05) is 0 Å². The van der Waals surface area contributed by atoms with Crippen molar-refractivity contribution in [2.45, 2.75) is 39.5 Å². The van der Waals surface area contributed by atoms with E-state index in [-0.39, 0.29) is 0 Å². The zero-order chi connectivity index (χ0) is 7.56. The number of hydrogen-bond acceptors (Lipinski definition) is 0. The van der Waals surface area contributed by atoms with E-state index in [1.165, 1.54) is 24.8 Å². The van der Waals surface area contributed by atoms with Crippen molar-refractivity contribution >= 4 is 0 Å². The first kappa shape index (κ1) is 7.84. The standard InChI is InChI=1S/C10H18/c1-4-8(2)7-9(3)10-5-6-10/h9-10H,2,4-7H2,1,3H3. The molecule has 0 bridgehead atoms. The molecule has 58 valence electrons. The van der Waals surface area contributed by atoms with E-state index >= 15 is 0 Å². The van der Waals surface area contributed by atoms with Crippen LogP contribution in [0.25, 0.3) is 0 Å². The molecule has 1 atom stereocenters. The van der Waals surface area contributed by atoms with Gasteiger partial charge in [-0.05, 0) is 37.5 Å². The third kappa shape index (κ3) is 2.17. The van der Waals surface area contributed by atoms with E-state index in [4.69, 9.17) is 0 Å². The lowest BCUT2D eigenvalue weighted by Crippen LogP contribution is -1.97. The van der Waals surface area contributed by atoms with Crippen LogP contribution in [0.15, 0.2) is 12.2 Å². The van der Waals surface area contributed by atoms with Crippen LogP contribution in [0.2, 0.25) is 0 Å². The number of hydrogen-bond donors (Lipinski definition) is 0. The summed E-state index contributed by atoms with van der Waals surface area (Å²) in [7, 11) is 0. The van der Waals surface area contributed by atoms with Crippen LogP contribution >= 0.6 is 0 Å².